The Bertz CT molecular complexity index is 478. The molecule has 124 valence electrons. The maximum absolute atomic E-state index is 11.9. The maximum Gasteiger partial charge on any atom is 0.237 e. The second-order valence-electron chi connectivity index (χ2n) is 5.32. The van der Waals surface area contributed by atoms with Crippen molar-refractivity contribution in [2.45, 2.75) is 26.3 Å². The lowest BCUT2D eigenvalue weighted by atomic mass is 10.0. The van der Waals surface area contributed by atoms with Gasteiger partial charge in [-0.3, -0.25) is 4.79 Å². The minimum absolute atomic E-state index is 0.102. The van der Waals surface area contributed by atoms with Gasteiger partial charge in [-0.2, -0.15) is 0 Å². The van der Waals surface area contributed by atoms with E-state index < -0.39 is 6.04 Å². The number of hydrogen-bond acceptors (Lipinski definition) is 5. The molecule has 0 aliphatic rings. The van der Waals surface area contributed by atoms with Crippen LogP contribution in [0.25, 0.3) is 0 Å². The molecule has 0 aliphatic heterocycles. The molecule has 0 radical (unpaired) electrons. The molecule has 1 atom stereocenters. The predicted molar refractivity (Wildman–Crippen MR) is 85.6 cm³/mol. The average Bonchev–Trinajstić information content (AvgIpc) is 2.53. The van der Waals surface area contributed by atoms with Crippen molar-refractivity contribution in [2.24, 2.45) is 11.7 Å². The molecule has 6 heteroatoms. The number of hydrogen-bond donors (Lipinski definition) is 2. The van der Waals surface area contributed by atoms with Crippen molar-refractivity contribution in [1.82, 2.24) is 5.32 Å². The first-order chi connectivity index (χ1) is 10.4. The molecule has 0 saturated carbocycles. The zero-order valence-corrected chi connectivity index (χ0v) is 13.9. The maximum atomic E-state index is 11.9. The molecule has 0 aromatic heterocycles. The van der Waals surface area contributed by atoms with Crippen molar-refractivity contribution >= 4 is 5.91 Å². The second kappa shape index (κ2) is 8.48. The molecule has 1 aromatic rings. The van der Waals surface area contributed by atoms with E-state index in [9.17, 15) is 4.79 Å². The highest BCUT2D eigenvalue weighted by Crippen LogP contribution is 2.34. The molecular weight excluding hydrogens is 284 g/mol. The molecule has 22 heavy (non-hydrogen) atoms. The Morgan fingerprint density at radius 1 is 1.14 bits per heavy atom. The van der Waals surface area contributed by atoms with Crippen LogP contribution < -0.4 is 25.3 Å². The Hall–Kier alpha value is -1.95. The monoisotopic (exact) mass is 310 g/mol. The number of carbonyl (C=O) groups is 1. The van der Waals surface area contributed by atoms with Crippen molar-refractivity contribution in [3.05, 3.63) is 17.7 Å². The van der Waals surface area contributed by atoms with Gasteiger partial charge in [0.25, 0.3) is 0 Å². The standard InChI is InChI=1S/C16H26N2O4/c1-10(2)15(17)16(19)18-7-6-12-13(21-4)8-11(20-3)9-14(12)22-5/h8-10,15H,6-7,17H2,1-5H3,(H,18,19)/t15-/m0/s1. The number of rotatable bonds is 8. The van der Waals surface area contributed by atoms with E-state index in [4.69, 9.17) is 19.9 Å². The van der Waals surface area contributed by atoms with E-state index in [0.29, 0.717) is 30.2 Å². The molecule has 1 amide bonds. The average molecular weight is 310 g/mol. The van der Waals surface area contributed by atoms with Crippen molar-refractivity contribution in [3.63, 3.8) is 0 Å². The van der Waals surface area contributed by atoms with Crippen LogP contribution in [0.1, 0.15) is 19.4 Å². The van der Waals surface area contributed by atoms with Gasteiger partial charge in [0, 0.05) is 24.2 Å². The van der Waals surface area contributed by atoms with Crippen LogP contribution in [-0.2, 0) is 11.2 Å². The smallest absolute Gasteiger partial charge is 0.237 e. The molecule has 1 rings (SSSR count). The first-order valence-electron chi connectivity index (χ1n) is 7.26. The van der Waals surface area contributed by atoms with Crippen LogP contribution in [0, 0.1) is 5.92 Å². The summed E-state index contributed by atoms with van der Waals surface area (Å²) in [4.78, 5) is 11.9. The summed E-state index contributed by atoms with van der Waals surface area (Å²) >= 11 is 0. The van der Waals surface area contributed by atoms with E-state index in [1.807, 2.05) is 13.8 Å². The van der Waals surface area contributed by atoms with E-state index in [2.05, 4.69) is 5.32 Å². The SMILES string of the molecule is COc1cc(OC)c(CCNC(=O)[C@@H](N)C(C)C)c(OC)c1. The summed E-state index contributed by atoms with van der Waals surface area (Å²) in [6.07, 6.45) is 0.576. The summed E-state index contributed by atoms with van der Waals surface area (Å²) in [5.41, 5.74) is 6.69. The third-order valence-electron chi connectivity index (χ3n) is 3.51. The molecule has 0 unspecified atom stereocenters. The van der Waals surface area contributed by atoms with Gasteiger partial charge in [0.1, 0.15) is 17.2 Å². The lowest BCUT2D eigenvalue weighted by molar-refractivity contribution is -0.123. The quantitative estimate of drug-likeness (QED) is 0.757. The van der Waals surface area contributed by atoms with Crippen LogP contribution >= 0.6 is 0 Å². The molecule has 0 aliphatic carbocycles. The number of amides is 1. The van der Waals surface area contributed by atoms with Crippen LogP contribution in [-0.4, -0.2) is 39.8 Å². The summed E-state index contributed by atoms with van der Waals surface area (Å²) in [5, 5.41) is 2.84. The number of methoxy groups -OCH3 is 3. The lowest BCUT2D eigenvalue weighted by Gasteiger charge is -2.17. The second-order valence-corrected chi connectivity index (χ2v) is 5.32. The van der Waals surface area contributed by atoms with Gasteiger partial charge in [0.15, 0.2) is 0 Å². The molecule has 6 nitrogen and oxygen atoms in total. The Labute approximate surface area is 131 Å². The molecule has 0 bridgehead atoms. The van der Waals surface area contributed by atoms with Gasteiger partial charge in [0.2, 0.25) is 5.91 Å². The number of benzene rings is 1. The normalized spacial score (nSPS) is 12.0. The van der Waals surface area contributed by atoms with Gasteiger partial charge in [-0.15, -0.1) is 0 Å². The van der Waals surface area contributed by atoms with Gasteiger partial charge >= 0.3 is 0 Å². The van der Waals surface area contributed by atoms with E-state index in [1.165, 1.54) is 0 Å². The number of carbonyl (C=O) groups excluding carboxylic acids is 1. The lowest BCUT2D eigenvalue weighted by Crippen LogP contribution is -2.44. The van der Waals surface area contributed by atoms with Gasteiger partial charge in [-0.05, 0) is 12.3 Å². The van der Waals surface area contributed by atoms with Crippen LogP contribution in [0.3, 0.4) is 0 Å². The van der Waals surface area contributed by atoms with E-state index in [0.717, 1.165) is 5.56 Å². The Morgan fingerprint density at radius 2 is 1.68 bits per heavy atom. The van der Waals surface area contributed by atoms with Crippen molar-refractivity contribution in [3.8, 4) is 17.2 Å². The van der Waals surface area contributed by atoms with Crippen molar-refractivity contribution in [2.75, 3.05) is 27.9 Å². The largest absolute Gasteiger partial charge is 0.496 e. The number of ether oxygens (including phenoxy) is 3. The van der Waals surface area contributed by atoms with Gasteiger partial charge < -0.3 is 25.3 Å². The molecule has 3 N–H and O–H groups in total. The fraction of sp³-hybridized carbons (Fsp3) is 0.562. The van der Waals surface area contributed by atoms with Gasteiger partial charge in [0.05, 0.1) is 27.4 Å². The molecule has 0 heterocycles. The topological polar surface area (TPSA) is 82.8 Å². The first-order valence-corrected chi connectivity index (χ1v) is 7.26. The third-order valence-corrected chi connectivity index (χ3v) is 3.51. The molecular formula is C16H26N2O4. The predicted octanol–water partition coefficient (Wildman–Crippen LogP) is 1.35. The minimum Gasteiger partial charge on any atom is -0.496 e. The van der Waals surface area contributed by atoms with Crippen LogP contribution in [0.15, 0.2) is 12.1 Å². The zero-order chi connectivity index (χ0) is 16.7. The van der Waals surface area contributed by atoms with Crippen molar-refractivity contribution in [1.29, 1.82) is 0 Å². The minimum atomic E-state index is -0.500. The molecule has 0 saturated heterocycles. The number of nitrogens with two attached hydrogens (primary N) is 1. The first kappa shape index (κ1) is 18.1. The summed E-state index contributed by atoms with van der Waals surface area (Å²) < 4.78 is 16.0. The Kier molecular flexibility index (Phi) is 6.98. The zero-order valence-electron chi connectivity index (χ0n) is 13.9. The van der Waals surface area contributed by atoms with Gasteiger partial charge in [-0.1, -0.05) is 13.8 Å². The van der Waals surface area contributed by atoms with Gasteiger partial charge in [-0.25, -0.2) is 0 Å². The molecule has 0 fully saturated rings. The highest BCUT2D eigenvalue weighted by atomic mass is 16.5. The fourth-order valence-corrected chi connectivity index (χ4v) is 2.06. The summed E-state index contributed by atoms with van der Waals surface area (Å²) in [6.45, 7) is 4.29. The summed E-state index contributed by atoms with van der Waals surface area (Å²) in [5.74, 6) is 1.94. The molecule has 1 aromatic carbocycles. The summed E-state index contributed by atoms with van der Waals surface area (Å²) in [7, 11) is 4.76. The van der Waals surface area contributed by atoms with E-state index in [-0.39, 0.29) is 11.8 Å². The third kappa shape index (κ3) is 4.53. The molecule has 0 spiro atoms. The summed E-state index contributed by atoms with van der Waals surface area (Å²) in [6, 6.07) is 3.08. The van der Waals surface area contributed by atoms with Crippen LogP contribution in [0.5, 0.6) is 17.2 Å². The Balaban J connectivity index is 2.78. The van der Waals surface area contributed by atoms with E-state index >= 15 is 0 Å². The highest BCUT2D eigenvalue weighted by molar-refractivity contribution is 5.81. The van der Waals surface area contributed by atoms with Crippen LogP contribution in [0.4, 0.5) is 0 Å². The van der Waals surface area contributed by atoms with E-state index in [1.54, 1.807) is 33.5 Å². The Morgan fingerprint density at radius 3 is 2.09 bits per heavy atom. The van der Waals surface area contributed by atoms with Crippen LogP contribution in [0.2, 0.25) is 0 Å². The van der Waals surface area contributed by atoms with Crippen molar-refractivity contribution < 1.29 is 19.0 Å². The number of nitrogens with one attached hydrogen (secondary N) is 1. The fourth-order valence-electron chi connectivity index (χ4n) is 2.06. The highest BCUT2D eigenvalue weighted by Gasteiger charge is 2.18.